The van der Waals surface area contributed by atoms with Gasteiger partial charge in [-0.3, -0.25) is 9.59 Å². The molecule has 0 spiro atoms. The zero-order valence-electron chi connectivity index (χ0n) is 16.9. The van der Waals surface area contributed by atoms with Crippen molar-refractivity contribution in [2.24, 2.45) is 0 Å². The van der Waals surface area contributed by atoms with Crippen molar-refractivity contribution < 1.29 is 14.0 Å². The molecule has 6 heteroatoms. The highest BCUT2D eigenvalue weighted by Gasteiger charge is 2.35. The van der Waals surface area contributed by atoms with E-state index in [1.54, 1.807) is 4.90 Å². The molecule has 1 unspecified atom stereocenters. The smallest absolute Gasteiger partial charge is 0.288 e. The number of rotatable bonds is 5. The average Bonchev–Trinajstić information content (AvgIpc) is 3.23. The number of carbonyl (C=O) groups is 2. The number of hydrogen-bond donors (Lipinski definition) is 1. The maximum Gasteiger partial charge on any atom is 0.288 e. The van der Waals surface area contributed by atoms with E-state index in [9.17, 15) is 9.59 Å². The lowest BCUT2D eigenvalue weighted by molar-refractivity contribution is -0.118. The number of para-hydroxylation sites is 1. The van der Waals surface area contributed by atoms with Crippen molar-refractivity contribution in [3.8, 4) is 0 Å². The summed E-state index contributed by atoms with van der Waals surface area (Å²) in [7, 11) is 3.90. The van der Waals surface area contributed by atoms with Gasteiger partial charge in [0.05, 0.1) is 0 Å². The van der Waals surface area contributed by atoms with Crippen molar-refractivity contribution in [3.63, 3.8) is 0 Å². The number of furan rings is 1. The molecule has 1 aliphatic rings. The first-order chi connectivity index (χ1) is 13.9. The number of amides is 2. The number of anilines is 1. The van der Waals surface area contributed by atoms with E-state index < -0.39 is 6.04 Å². The Morgan fingerprint density at radius 3 is 2.62 bits per heavy atom. The van der Waals surface area contributed by atoms with Crippen LogP contribution < -0.4 is 10.2 Å². The van der Waals surface area contributed by atoms with Crippen LogP contribution in [-0.4, -0.2) is 43.4 Å². The molecule has 1 N–H and O–H groups in total. The predicted octanol–water partition coefficient (Wildman–Crippen LogP) is 3.34. The molecule has 2 aromatic carbocycles. The first-order valence-electron chi connectivity index (χ1n) is 9.78. The first-order valence-corrected chi connectivity index (χ1v) is 9.78. The van der Waals surface area contributed by atoms with Gasteiger partial charge in [-0.2, -0.15) is 0 Å². The third kappa shape index (κ3) is 3.76. The maximum atomic E-state index is 13.0. The van der Waals surface area contributed by atoms with Gasteiger partial charge in [-0.25, -0.2) is 0 Å². The first kappa shape index (κ1) is 19.2. The Bertz CT molecular complexity index is 1050. The van der Waals surface area contributed by atoms with E-state index in [2.05, 4.69) is 5.32 Å². The molecule has 1 aromatic heterocycles. The van der Waals surface area contributed by atoms with E-state index in [-0.39, 0.29) is 17.6 Å². The summed E-state index contributed by atoms with van der Waals surface area (Å²) < 4.78 is 5.87. The fourth-order valence-electron chi connectivity index (χ4n) is 3.77. The molecule has 0 saturated carbocycles. The third-order valence-corrected chi connectivity index (χ3v) is 5.24. The minimum absolute atomic E-state index is 0.0903. The average molecular weight is 391 g/mol. The molecule has 150 valence electrons. The maximum absolute atomic E-state index is 13.0. The summed E-state index contributed by atoms with van der Waals surface area (Å²) in [6.07, 6.45) is 0.571. The Morgan fingerprint density at radius 2 is 1.90 bits per heavy atom. The summed E-state index contributed by atoms with van der Waals surface area (Å²) in [5.74, 6) is -0.156. The van der Waals surface area contributed by atoms with E-state index in [4.69, 9.17) is 4.42 Å². The lowest BCUT2D eigenvalue weighted by Crippen LogP contribution is -2.41. The fraction of sp³-hybridized carbons (Fsp3) is 0.304. The summed E-state index contributed by atoms with van der Waals surface area (Å²) in [4.78, 5) is 29.6. The predicted molar refractivity (Wildman–Crippen MR) is 113 cm³/mol. The highest BCUT2D eigenvalue weighted by molar-refractivity contribution is 6.05. The number of benzene rings is 2. The fourth-order valence-corrected chi connectivity index (χ4v) is 3.77. The summed E-state index contributed by atoms with van der Waals surface area (Å²) in [6.45, 7) is 3.17. The summed E-state index contributed by atoms with van der Waals surface area (Å²) in [6, 6.07) is 14.9. The Kier molecular flexibility index (Phi) is 5.11. The lowest BCUT2D eigenvalue weighted by atomic mass is 10.1. The van der Waals surface area contributed by atoms with Crippen molar-refractivity contribution in [1.82, 2.24) is 10.2 Å². The number of carbonyl (C=O) groups excluding carboxylic acids is 2. The van der Waals surface area contributed by atoms with E-state index >= 15 is 0 Å². The molecule has 0 aliphatic carbocycles. The van der Waals surface area contributed by atoms with Crippen molar-refractivity contribution in [3.05, 3.63) is 65.4 Å². The zero-order chi connectivity index (χ0) is 20.5. The van der Waals surface area contributed by atoms with Crippen LogP contribution in [0.15, 0.2) is 52.9 Å². The van der Waals surface area contributed by atoms with E-state index in [0.29, 0.717) is 25.1 Å². The molecular formula is C23H25N3O3. The van der Waals surface area contributed by atoms with Gasteiger partial charge < -0.3 is 19.5 Å². The van der Waals surface area contributed by atoms with Crippen LogP contribution in [0.4, 0.5) is 5.69 Å². The van der Waals surface area contributed by atoms with Crippen LogP contribution in [0.3, 0.4) is 0 Å². The molecule has 1 fully saturated rings. The van der Waals surface area contributed by atoms with Crippen molar-refractivity contribution in [2.45, 2.75) is 25.9 Å². The normalized spacial score (nSPS) is 16.8. The van der Waals surface area contributed by atoms with Gasteiger partial charge in [0.25, 0.3) is 5.91 Å². The highest BCUT2D eigenvalue weighted by Crippen LogP contribution is 2.28. The SMILES string of the molecule is Cc1ccc(N2CCC(NC(=O)c3oc4ccccc4c3CN(C)C)C2=O)cc1. The zero-order valence-corrected chi connectivity index (χ0v) is 16.9. The van der Waals surface area contributed by atoms with Crippen LogP contribution in [0.2, 0.25) is 0 Å². The Morgan fingerprint density at radius 1 is 1.17 bits per heavy atom. The molecule has 2 heterocycles. The summed E-state index contributed by atoms with van der Waals surface area (Å²) >= 11 is 0. The standard InChI is InChI=1S/C23H25N3O3/c1-15-8-10-16(11-9-15)26-13-12-19(23(26)28)24-22(27)21-18(14-25(2)3)17-6-4-5-7-20(17)29-21/h4-11,19H,12-14H2,1-3H3,(H,24,27). The van der Waals surface area contributed by atoms with Gasteiger partial charge in [0.1, 0.15) is 11.6 Å². The molecule has 0 bridgehead atoms. The molecule has 6 nitrogen and oxygen atoms in total. The van der Waals surface area contributed by atoms with Gasteiger partial charge in [0.2, 0.25) is 5.91 Å². The van der Waals surface area contributed by atoms with Gasteiger partial charge in [-0.15, -0.1) is 0 Å². The molecule has 2 amide bonds. The molecule has 29 heavy (non-hydrogen) atoms. The molecule has 4 rings (SSSR count). The number of aryl methyl sites for hydroxylation is 1. The molecule has 1 aliphatic heterocycles. The number of nitrogens with zero attached hydrogens (tertiary/aromatic N) is 2. The van der Waals surface area contributed by atoms with Crippen molar-refractivity contribution in [2.75, 3.05) is 25.5 Å². The molecule has 1 atom stereocenters. The van der Waals surface area contributed by atoms with Gasteiger partial charge in [-0.05, 0) is 45.6 Å². The number of hydrogen-bond acceptors (Lipinski definition) is 4. The quantitative estimate of drug-likeness (QED) is 0.725. The minimum atomic E-state index is -0.552. The molecule has 1 saturated heterocycles. The Hall–Kier alpha value is -3.12. The van der Waals surface area contributed by atoms with Crippen LogP contribution >= 0.6 is 0 Å². The van der Waals surface area contributed by atoms with E-state index in [1.807, 2.05) is 74.4 Å². The van der Waals surface area contributed by atoms with Crippen LogP contribution in [0.5, 0.6) is 0 Å². The number of nitrogens with one attached hydrogen (secondary N) is 1. The van der Waals surface area contributed by atoms with Gasteiger partial charge >= 0.3 is 0 Å². The largest absolute Gasteiger partial charge is 0.451 e. The van der Waals surface area contributed by atoms with E-state index in [1.165, 1.54) is 0 Å². The Balaban J connectivity index is 1.55. The highest BCUT2D eigenvalue weighted by atomic mass is 16.3. The third-order valence-electron chi connectivity index (χ3n) is 5.24. The molecule has 0 radical (unpaired) electrons. The van der Waals surface area contributed by atoms with Crippen LogP contribution in [0.1, 0.15) is 28.1 Å². The van der Waals surface area contributed by atoms with E-state index in [0.717, 1.165) is 22.2 Å². The van der Waals surface area contributed by atoms with Gasteiger partial charge in [-0.1, -0.05) is 35.9 Å². The number of fused-ring (bicyclic) bond motifs is 1. The second-order valence-corrected chi connectivity index (χ2v) is 7.78. The Labute approximate surface area is 170 Å². The second-order valence-electron chi connectivity index (χ2n) is 7.78. The van der Waals surface area contributed by atoms with Crippen molar-refractivity contribution in [1.29, 1.82) is 0 Å². The molecule has 3 aromatic rings. The lowest BCUT2D eigenvalue weighted by Gasteiger charge is -2.17. The van der Waals surface area contributed by atoms with Gasteiger partial charge in [0.15, 0.2) is 5.76 Å². The monoisotopic (exact) mass is 391 g/mol. The van der Waals surface area contributed by atoms with Gasteiger partial charge in [0, 0.05) is 29.7 Å². The summed E-state index contributed by atoms with van der Waals surface area (Å²) in [5.41, 5.74) is 3.51. The second kappa shape index (κ2) is 7.72. The van der Waals surface area contributed by atoms with Crippen LogP contribution in [0, 0.1) is 6.92 Å². The summed E-state index contributed by atoms with van der Waals surface area (Å²) in [5, 5.41) is 3.81. The molecular weight excluding hydrogens is 366 g/mol. The van der Waals surface area contributed by atoms with Crippen LogP contribution in [-0.2, 0) is 11.3 Å². The van der Waals surface area contributed by atoms with Crippen molar-refractivity contribution >= 4 is 28.5 Å². The van der Waals surface area contributed by atoms with Crippen LogP contribution in [0.25, 0.3) is 11.0 Å². The topological polar surface area (TPSA) is 65.8 Å². The minimum Gasteiger partial charge on any atom is -0.451 e.